The summed E-state index contributed by atoms with van der Waals surface area (Å²) < 4.78 is 0. The van der Waals surface area contributed by atoms with Crippen molar-refractivity contribution in [1.29, 1.82) is 0 Å². The third-order valence-corrected chi connectivity index (χ3v) is 4.00. The van der Waals surface area contributed by atoms with Gasteiger partial charge in [0.2, 0.25) is 0 Å². The molecule has 0 aromatic rings. The van der Waals surface area contributed by atoms with Gasteiger partial charge in [-0.2, -0.15) is 0 Å². The first-order chi connectivity index (χ1) is 7.45. The monoisotopic (exact) mass is 244 g/mol. The van der Waals surface area contributed by atoms with Crippen LogP contribution in [0.5, 0.6) is 0 Å². The fraction of sp³-hybridized carbons (Fsp3) is 1.00. The fourth-order valence-electron chi connectivity index (χ4n) is 2.45. The Hall–Kier alpha value is -0.160. The molecule has 0 spiro atoms. The molecule has 0 bridgehead atoms. The molecule has 0 aromatic carbocycles. The van der Waals surface area contributed by atoms with E-state index in [4.69, 9.17) is 17.2 Å². The number of hydrogen-bond acceptors (Lipinski definition) is 4. The van der Waals surface area contributed by atoms with Gasteiger partial charge in [-0.3, -0.25) is 0 Å². The number of nitrogens with two attached hydrogens (primary N) is 3. The SMILES string of the molecule is CC(C(N)C(N(C)C)C(C)(C)CN)C(C)(C)N. The van der Waals surface area contributed by atoms with Crippen molar-refractivity contribution in [3.05, 3.63) is 0 Å². The molecule has 4 heteroatoms. The van der Waals surface area contributed by atoms with Crippen LogP contribution in [0.3, 0.4) is 0 Å². The lowest BCUT2D eigenvalue weighted by molar-refractivity contribution is 0.0815. The Morgan fingerprint density at radius 2 is 1.53 bits per heavy atom. The van der Waals surface area contributed by atoms with Crippen LogP contribution >= 0.6 is 0 Å². The Morgan fingerprint density at radius 3 is 1.76 bits per heavy atom. The molecule has 0 heterocycles. The van der Waals surface area contributed by atoms with Gasteiger partial charge in [0.25, 0.3) is 0 Å². The maximum atomic E-state index is 6.43. The van der Waals surface area contributed by atoms with E-state index in [0.29, 0.717) is 6.54 Å². The van der Waals surface area contributed by atoms with Crippen LogP contribution in [0.15, 0.2) is 0 Å². The summed E-state index contributed by atoms with van der Waals surface area (Å²) in [7, 11) is 4.11. The molecule has 0 rings (SSSR count). The molecule has 0 amide bonds. The Bertz CT molecular complexity index is 230. The highest BCUT2D eigenvalue weighted by atomic mass is 15.1. The van der Waals surface area contributed by atoms with Crippen LogP contribution in [0.25, 0.3) is 0 Å². The van der Waals surface area contributed by atoms with E-state index in [1.807, 2.05) is 13.8 Å². The van der Waals surface area contributed by atoms with E-state index in [2.05, 4.69) is 39.8 Å². The van der Waals surface area contributed by atoms with Gasteiger partial charge in [-0.25, -0.2) is 0 Å². The van der Waals surface area contributed by atoms with E-state index in [1.165, 1.54) is 0 Å². The smallest absolute Gasteiger partial charge is 0.0307 e. The molecule has 104 valence electrons. The topological polar surface area (TPSA) is 81.3 Å². The zero-order valence-corrected chi connectivity index (χ0v) is 12.6. The maximum Gasteiger partial charge on any atom is 0.0307 e. The van der Waals surface area contributed by atoms with Crippen molar-refractivity contribution in [2.24, 2.45) is 28.5 Å². The number of rotatable bonds is 6. The molecule has 6 N–H and O–H groups in total. The largest absolute Gasteiger partial charge is 0.330 e. The minimum Gasteiger partial charge on any atom is -0.330 e. The minimum absolute atomic E-state index is 0.00329. The number of hydrogen-bond donors (Lipinski definition) is 3. The third-order valence-electron chi connectivity index (χ3n) is 4.00. The molecular formula is C13H32N4. The van der Waals surface area contributed by atoms with E-state index < -0.39 is 0 Å². The van der Waals surface area contributed by atoms with Gasteiger partial charge < -0.3 is 22.1 Å². The molecule has 0 aliphatic heterocycles. The zero-order valence-electron chi connectivity index (χ0n) is 12.6. The molecule has 3 unspecified atom stereocenters. The standard InChI is InChI=1S/C13H32N4/c1-9(13(4,5)16)10(15)11(17(6)7)12(2,3)8-14/h9-11H,8,14-16H2,1-7H3. The average molecular weight is 244 g/mol. The first kappa shape index (κ1) is 16.8. The quantitative estimate of drug-likeness (QED) is 0.639. The lowest BCUT2D eigenvalue weighted by Crippen LogP contribution is -2.61. The van der Waals surface area contributed by atoms with Crippen LogP contribution in [-0.2, 0) is 0 Å². The molecule has 0 fully saturated rings. The maximum absolute atomic E-state index is 6.43. The van der Waals surface area contributed by atoms with Crippen molar-refractivity contribution in [3.8, 4) is 0 Å². The molecule has 4 nitrogen and oxygen atoms in total. The van der Waals surface area contributed by atoms with Crippen molar-refractivity contribution in [1.82, 2.24) is 4.90 Å². The predicted octanol–water partition coefficient (Wildman–Crippen LogP) is 0.602. The van der Waals surface area contributed by atoms with Crippen molar-refractivity contribution in [2.75, 3.05) is 20.6 Å². The van der Waals surface area contributed by atoms with Crippen molar-refractivity contribution in [3.63, 3.8) is 0 Å². The number of nitrogens with zero attached hydrogens (tertiary/aromatic N) is 1. The molecule has 0 radical (unpaired) electrons. The summed E-state index contributed by atoms with van der Waals surface area (Å²) in [6.45, 7) is 11.1. The molecular weight excluding hydrogens is 212 g/mol. The van der Waals surface area contributed by atoms with E-state index >= 15 is 0 Å². The van der Waals surface area contributed by atoms with Gasteiger partial charge in [-0.05, 0) is 45.8 Å². The number of likely N-dealkylation sites (N-methyl/N-ethyl adjacent to an activating group) is 1. The molecule has 17 heavy (non-hydrogen) atoms. The first-order valence-electron chi connectivity index (χ1n) is 6.36. The molecule has 0 aliphatic rings. The first-order valence-corrected chi connectivity index (χ1v) is 6.36. The van der Waals surface area contributed by atoms with Crippen LogP contribution in [0.2, 0.25) is 0 Å². The van der Waals surface area contributed by atoms with Crippen molar-refractivity contribution >= 4 is 0 Å². The Labute approximate surface area is 107 Å². The Balaban J connectivity index is 5.10. The van der Waals surface area contributed by atoms with Gasteiger partial charge in [-0.15, -0.1) is 0 Å². The lowest BCUT2D eigenvalue weighted by Gasteiger charge is -2.46. The van der Waals surface area contributed by atoms with Gasteiger partial charge in [0, 0.05) is 17.6 Å². The van der Waals surface area contributed by atoms with Crippen LogP contribution in [0, 0.1) is 11.3 Å². The second-order valence-corrected chi connectivity index (χ2v) is 6.79. The van der Waals surface area contributed by atoms with Gasteiger partial charge in [0.05, 0.1) is 0 Å². The van der Waals surface area contributed by atoms with Crippen LogP contribution in [0.1, 0.15) is 34.6 Å². The predicted molar refractivity (Wildman–Crippen MR) is 75.7 cm³/mol. The van der Waals surface area contributed by atoms with Gasteiger partial charge in [0.1, 0.15) is 0 Å². The Morgan fingerprint density at radius 1 is 1.12 bits per heavy atom. The van der Waals surface area contributed by atoms with Gasteiger partial charge in [-0.1, -0.05) is 20.8 Å². The fourth-order valence-corrected chi connectivity index (χ4v) is 2.45. The molecule has 0 aromatic heterocycles. The Kier molecular flexibility index (Phi) is 5.60. The van der Waals surface area contributed by atoms with E-state index in [0.717, 1.165) is 0 Å². The second kappa shape index (κ2) is 5.65. The van der Waals surface area contributed by atoms with E-state index in [9.17, 15) is 0 Å². The summed E-state index contributed by atoms with van der Waals surface area (Å²) in [4.78, 5) is 2.17. The lowest BCUT2D eigenvalue weighted by atomic mass is 9.72. The molecule has 3 atom stereocenters. The summed E-state index contributed by atoms with van der Waals surface area (Å²) in [5.41, 5.74) is 18.2. The highest BCUT2D eigenvalue weighted by Crippen LogP contribution is 2.30. The molecule has 0 saturated heterocycles. The zero-order chi connectivity index (χ0) is 14.0. The van der Waals surface area contributed by atoms with Crippen LogP contribution in [0.4, 0.5) is 0 Å². The molecule has 0 saturated carbocycles. The highest BCUT2D eigenvalue weighted by Gasteiger charge is 2.40. The van der Waals surface area contributed by atoms with Gasteiger partial charge in [0.15, 0.2) is 0 Å². The van der Waals surface area contributed by atoms with Crippen LogP contribution in [-0.4, -0.2) is 43.2 Å². The summed E-state index contributed by atoms with van der Waals surface area (Å²) >= 11 is 0. The van der Waals surface area contributed by atoms with Crippen LogP contribution < -0.4 is 17.2 Å². The van der Waals surface area contributed by atoms with Gasteiger partial charge >= 0.3 is 0 Å². The summed E-state index contributed by atoms with van der Waals surface area (Å²) in [6, 6.07) is 0.217. The second-order valence-electron chi connectivity index (χ2n) is 6.79. The normalized spacial score (nSPS) is 19.2. The highest BCUT2D eigenvalue weighted by molar-refractivity contribution is 4.98. The van der Waals surface area contributed by atoms with Crippen molar-refractivity contribution in [2.45, 2.75) is 52.2 Å². The minimum atomic E-state index is -0.279. The summed E-state index contributed by atoms with van der Waals surface area (Å²) in [5, 5.41) is 0. The third kappa shape index (κ3) is 4.21. The average Bonchev–Trinajstić information content (AvgIpc) is 2.14. The van der Waals surface area contributed by atoms with E-state index in [-0.39, 0.29) is 29.0 Å². The molecule has 0 aliphatic carbocycles. The van der Waals surface area contributed by atoms with Crippen molar-refractivity contribution < 1.29 is 0 Å². The summed E-state index contributed by atoms with van der Waals surface area (Å²) in [6.07, 6.45) is 0. The summed E-state index contributed by atoms with van der Waals surface area (Å²) in [5.74, 6) is 0.223. The van der Waals surface area contributed by atoms with E-state index in [1.54, 1.807) is 0 Å².